The first-order chi connectivity index (χ1) is 5.93. The van der Waals surface area contributed by atoms with Crippen molar-refractivity contribution in [3.05, 3.63) is 5.53 Å². The maximum absolute atomic E-state index is 10.7. The van der Waals surface area contributed by atoms with Crippen molar-refractivity contribution in [3.8, 4) is 0 Å². The summed E-state index contributed by atoms with van der Waals surface area (Å²) in [6, 6.07) is 0. The highest BCUT2D eigenvalue weighted by Crippen LogP contribution is 2.41. The lowest BCUT2D eigenvalue weighted by Gasteiger charge is -2.05. The number of hydrogen-bond acceptors (Lipinski definition) is 4. The number of carbonyl (C=O) groups is 1. The topological polar surface area (TPSA) is 109 Å². The fourth-order valence-corrected chi connectivity index (χ4v) is 0.787. The van der Waals surface area contributed by atoms with Crippen LogP contribution in [0.15, 0.2) is 0 Å². The molecule has 0 aromatic rings. The molecule has 7 nitrogen and oxygen atoms in total. The molecular weight excluding hydrogens is 199 g/mol. The van der Waals surface area contributed by atoms with E-state index in [0.717, 1.165) is 14.0 Å². The molecule has 0 radical (unpaired) electrons. The van der Waals surface area contributed by atoms with Gasteiger partial charge in [0.15, 0.2) is 6.61 Å². The molecule has 0 spiro atoms. The second-order valence-electron chi connectivity index (χ2n) is 2.03. The van der Waals surface area contributed by atoms with E-state index in [1.165, 1.54) is 0 Å². The first-order valence-electron chi connectivity index (χ1n) is 3.18. The van der Waals surface area contributed by atoms with Gasteiger partial charge in [0.05, 0.1) is 0 Å². The number of rotatable bonds is 5. The van der Waals surface area contributed by atoms with Crippen LogP contribution in [0.1, 0.15) is 6.92 Å². The zero-order valence-corrected chi connectivity index (χ0v) is 8.02. The highest BCUT2D eigenvalue weighted by atomic mass is 31.2. The van der Waals surface area contributed by atoms with Gasteiger partial charge in [0, 0.05) is 14.0 Å². The molecule has 13 heavy (non-hydrogen) atoms. The summed E-state index contributed by atoms with van der Waals surface area (Å²) >= 11 is 0. The summed E-state index contributed by atoms with van der Waals surface area (Å²) in [6.45, 7) is 0.557. The van der Waals surface area contributed by atoms with E-state index in [1.54, 1.807) is 0 Å². The zero-order chi connectivity index (χ0) is 10.5. The van der Waals surface area contributed by atoms with Crippen LogP contribution in [0.25, 0.3) is 5.53 Å². The minimum atomic E-state index is -4.12. The van der Waals surface area contributed by atoms with Crippen molar-refractivity contribution in [3.63, 3.8) is 0 Å². The summed E-state index contributed by atoms with van der Waals surface area (Å²) in [4.78, 5) is 21.9. The van der Waals surface area contributed by atoms with E-state index < -0.39 is 20.2 Å². The average Bonchev–Trinajstić information content (AvgIpc) is 2.05. The fraction of sp³-hybridized carbons (Fsp3) is 0.600. The molecule has 74 valence electrons. The second kappa shape index (κ2) is 5.01. The lowest BCUT2D eigenvalue weighted by molar-refractivity contribution is -0.116. The summed E-state index contributed by atoms with van der Waals surface area (Å²) in [5.41, 5.74) is 7.89. The molecule has 0 amide bonds. The number of nitrogens with zero attached hydrogens (tertiary/aromatic N) is 2. The van der Waals surface area contributed by atoms with Gasteiger partial charge >= 0.3 is 13.5 Å². The zero-order valence-electron chi connectivity index (χ0n) is 7.13. The Morgan fingerprint density at radius 1 is 1.69 bits per heavy atom. The van der Waals surface area contributed by atoms with Crippen molar-refractivity contribution in [2.24, 2.45) is 0 Å². The van der Waals surface area contributed by atoms with E-state index in [9.17, 15) is 9.36 Å². The first kappa shape index (κ1) is 12.2. The molecule has 1 N–H and O–H groups in total. The van der Waals surface area contributed by atoms with Gasteiger partial charge in [0.1, 0.15) is 0 Å². The van der Waals surface area contributed by atoms with Crippen LogP contribution in [0.2, 0.25) is 0 Å². The summed E-state index contributed by atoms with van der Waals surface area (Å²) in [6.07, 6.45) is 0. The van der Waals surface area contributed by atoms with Gasteiger partial charge in [-0.2, -0.15) is 4.79 Å². The van der Waals surface area contributed by atoms with E-state index in [-0.39, 0.29) is 5.71 Å². The molecule has 0 aliphatic rings. The Balaban J connectivity index is 4.25. The van der Waals surface area contributed by atoms with Gasteiger partial charge in [-0.05, 0) is 0 Å². The van der Waals surface area contributed by atoms with Crippen LogP contribution in [-0.2, 0) is 18.4 Å². The molecule has 0 aromatic carbocycles. The van der Waals surface area contributed by atoms with E-state index in [1.807, 2.05) is 0 Å². The molecular formula is C5H9N2O5P. The molecule has 0 rings (SSSR count). The molecule has 0 bridgehead atoms. The van der Waals surface area contributed by atoms with Crippen LogP contribution >= 0.6 is 7.82 Å². The molecule has 0 aromatic heterocycles. The highest BCUT2D eigenvalue weighted by Gasteiger charge is 2.24. The molecule has 0 saturated carbocycles. The molecule has 0 aliphatic heterocycles. The van der Waals surface area contributed by atoms with Crippen molar-refractivity contribution in [2.45, 2.75) is 6.92 Å². The SMILES string of the molecule is COP(=O)(O)OCC(=[N+]=[N-])C(C)=O. The smallest absolute Gasteiger partial charge is 0.361 e. The van der Waals surface area contributed by atoms with Crippen molar-refractivity contribution in [2.75, 3.05) is 13.7 Å². The molecule has 1 atom stereocenters. The molecule has 0 aliphatic carbocycles. The average molecular weight is 208 g/mol. The Labute approximate surface area is 74.5 Å². The molecule has 0 fully saturated rings. The van der Waals surface area contributed by atoms with E-state index in [0.29, 0.717) is 0 Å². The van der Waals surface area contributed by atoms with Crippen LogP contribution in [-0.4, -0.2) is 34.9 Å². The van der Waals surface area contributed by atoms with Crippen LogP contribution in [0, 0.1) is 0 Å². The van der Waals surface area contributed by atoms with Gasteiger partial charge in [-0.15, -0.1) is 0 Å². The molecule has 0 saturated heterocycles. The summed E-state index contributed by atoms with van der Waals surface area (Å²) in [5, 5.41) is 0. The Hall–Kier alpha value is -0.840. The Bertz CT molecular complexity index is 295. The lowest BCUT2D eigenvalue weighted by Crippen LogP contribution is -2.17. The Morgan fingerprint density at radius 2 is 2.23 bits per heavy atom. The quantitative estimate of drug-likeness (QED) is 0.296. The third-order valence-corrected chi connectivity index (χ3v) is 2.04. The standard InChI is InChI=1S/C5H9N2O5P/c1-4(8)5(7-6)3-12-13(9,10)11-2/h3H2,1-2H3,(H,9,10). The van der Waals surface area contributed by atoms with Crippen LogP contribution in [0.3, 0.4) is 0 Å². The number of phosphoric acid groups is 1. The van der Waals surface area contributed by atoms with Gasteiger partial charge in [0.2, 0.25) is 5.78 Å². The molecule has 1 unspecified atom stereocenters. The van der Waals surface area contributed by atoms with Crippen molar-refractivity contribution in [1.29, 1.82) is 0 Å². The van der Waals surface area contributed by atoms with Gasteiger partial charge in [0.25, 0.3) is 0 Å². The normalized spacial score (nSPS) is 14.4. The Kier molecular flexibility index (Phi) is 4.69. The van der Waals surface area contributed by atoms with Gasteiger partial charge < -0.3 is 10.4 Å². The maximum atomic E-state index is 10.7. The minimum Gasteiger partial charge on any atom is -0.361 e. The minimum absolute atomic E-state index is 0.355. The van der Waals surface area contributed by atoms with Crippen molar-refractivity contribution in [1.82, 2.24) is 0 Å². The van der Waals surface area contributed by atoms with E-state index in [2.05, 4.69) is 13.8 Å². The first-order valence-corrected chi connectivity index (χ1v) is 4.67. The third-order valence-electron chi connectivity index (χ3n) is 1.12. The van der Waals surface area contributed by atoms with E-state index >= 15 is 0 Å². The van der Waals surface area contributed by atoms with Crippen LogP contribution in [0.5, 0.6) is 0 Å². The van der Waals surface area contributed by atoms with Crippen molar-refractivity contribution < 1.29 is 28.1 Å². The summed E-state index contributed by atoms with van der Waals surface area (Å²) < 4.78 is 19.0. The maximum Gasteiger partial charge on any atom is 0.472 e. The van der Waals surface area contributed by atoms with Gasteiger partial charge in [-0.3, -0.25) is 13.8 Å². The van der Waals surface area contributed by atoms with Crippen molar-refractivity contribution >= 4 is 19.3 Å². The molecule has 8 heteroatoms. The van der Waals surface area contributed by atoms with Crippen LogP contribution < -0.4 is 0 Å². The Morgan fingerprint density at radius 3 is 2.54 bits per heavy atom. The number of phosphoric ester groups is 1. The van der Waals surface area contributed by atoms with Crippen LogP contribution in [0.4, 0.5) is 0 Å². The highest BCUT2D eigenvalue weighted by molar-refractivity contribution is 7.47. The summed E-state index contributed by atoms with van der Waals surface area (Å²) in [5.74, 6) is -0.557. The fourth-order valence-electron chi connectivity index (χ4n) is 0.396. The van der Waals surface area contributed by atoms with Gasteiger partial charge in [-0.25, -0.2) is 4.57 Å². The predicted molar refractivity (Wildman–Crippen MR) is 42.1 cm³/mol. The number of carbonyl (C=O) groups excluding carboxylic acids is 1. The number of hydrogen-bond donors (Lipinski definition) is 1. The summed E-state index contributed by atoms with van der Waals surface area (Å²) in [7, 11) is -3.15. The van der Waals surface area contributed by atoms with E-state index in [4.69, 9.17) is 10.4 Å². The van der Waals surface area contributed by atoms with Gasteiger partial charge in [-0.1, -0.05) is 0 Å². The monoisotopic (exact) mass is 208 g/mol. The third kappa shape index (κ3) is 4.67. The largest absolute Gasteiger partial charge is 0.472 e. The predicted octanol–water partition coefficient (Wildman–Crippen LogP) is 0.00960. The second-order valence-corrected chi connectivity index (χ2v) is 3.59. The number of ketones is 1. The lowest BCUT2D eigenvalue weighted by atomic mass is 10.3. The number of Topliss-reactive ketones (excluding diaryl/α,β-unsaturated/α-hetero) is 1. The molecule has 0 heterocycles.